The molecule has 0 fully saturated rings. The number of amides is 1. The molecule has 0 radical (unpaired) electrons. The molecule has 0 saturated heterocycles. The number of benzene rings is 1. The summed E-state index contributed by atoms with van der Waals surface area (Å²) in [5, 5.41) is 19.4. The van der Waals surface area contributed by atoms with Gasteiger partial charge in [0.1, 0.15) is 12.1 Å². The van der Waals surface area contributed by atoms with Crippen molar-refractivity contribution in [2.24, 2.45) is 10.2 Å². The van der Waals surface area contributed by atoms with Crippen molar-refractivity contribution in [2.45, 2.75) is 6.04 Å². The number of para-hydroxylation sites is 1. The van der Waals surface area contributed by atoms with Gasteiger partial charge in [0.15, 0.2) is 0 Å². The van der Waals surface area contributed by atoms with Crippen LogP contribution < -0.4 is 5.32 Å². The predicted octanol–water partition coefficient (Wildman–Crippen LogP) is 1.90. The molecule has 76 valence electrons. The molecule has 16 heavy (non-hydrogen) atoms. The largest absolute Gasteiger partial charge is 0.360 e. The average Bonchev–Trinajstić information content (AvgIpc) is 2.70. The molecular formula is C11H6N4O. The Morgan fingerprint density at radius 2 is 2.31 bits per heavy atom. The minimum atomic E-state index is -0.350. The SMILES string of the molecule is N#Cc1cccc2c1NC=C1C(=O)N=NC12. The summed E-state index contributed by atoms with van der Waals surface area (Å²) in [6.07, 6.45) is 1.58. The number of nitrogens with zero attached hydrogens (tertiary/aromatic N) is 3. The van der Waals surface area contributed by atoms with Crippen molar-refractivity contribution in [3.05, 3.63) is 41.1 Å². The minimum Gasteiger partial charge on any atom is -0.360 e. The standard InChI is InChI=1S/C11H6N4O/c12-4-6-2-1-3-7-9(6)13-5-8-10(7)14-15-11(8)16/h1-3,5,10,13H. The Hall–Kier alpha value is -2.48. The molecule has 5 heteroatoms. The first-order valence-corrected chi connectivity index (χ1v) is 4.76. The van der Waals surface area contributed by atoms with Gasteiger partial charge in [0.2, 0.25) is 0 Å². The number of nitrogens with one attached hydrogen (secondary N) is 1. The van der Waals surface area contributed by atoms with E-state index in [1.807, 2.05) is 6.07 Å². The fourth-order valence-corrected chi connectivity index (χ4v) is 1.92. The molecule has 0 aliphatic carbocycles. The Balaban J connectivity index is 2.21. The Kier molecular flexibility index (Phi) is 1.65. The van der Waals surface area contributed by atoms with Gasteiger partial charge >= 0.3 is 0 Å². The number of carbonyl (C=O) groups excluding carboxylic acids is 1. The van der Waals surface area contributed by atoms with E-state index >= 15 is 0 Å². The van der Waals surface area contributed by atoms with Crippen LogP contribution in [0.4, 0.5) is 5.69 Å². The predicted molar refractivity (Wildman–Crippen MR) is 55.5 cm³/mol. The third-order valence-corrected chi connectivity index (χ3v) is 2.69. The van der Waals surface area contributed by atoms with Crippen molar-refractivity contribution in [1.29, 1.82) is 5.26 Å². The smallest absolute Gasteiger partial charge is 0.295 e. The molecule has 3 rings (SSSR count). The van der Waals surface area contributed by atoms with E-state index in [4.69, 9.17) is 5.26 Å². The number of fused-ring (bicyclic) bond motifs is 3. The van der Waals surface area contributed by atoms with E-state index in [1.165, 1.54) is 0 Å². The Bertz CT molecular complexity index is 594. The molecule has 2 heterocycles. The monoisotopic (exact) mass is 210 g/mol. The van der Waals surface area contributed by atoms with Crippen LogP contribution in [-0.2, 0) is 4.79 Å². The van der Waals surface area contributed by atoms with E-state index in [1.54, 1.807) is 18.3 Å². The quantitative estimate of drug-likeness (QED) is 0.710. The van der Waals surface area contributed by atoms with Gasteiger partial charge in [-0.15, -0.1) is 5.11 Å². The molecule has 2 aliphatic rings. The van der Waals surface area contributed by atoms with Gasteiger partial charge in [0.05, 0.1) is 16.8 Å². The molecule has 0 bridgehead atoms. The summed E-state index contributed by atoms with van der Waals surface area (Å²) in [6, 6.07) is 7.09. The topological polar surface area (TPSA) is 77.6 Å². The van der Waals surface area contributed by atoms with Gasteiger partial charge in [0, 0.05) is 11.8 Å². The van der Waals surface area contributed by atoms with Crippen molar-refractivity contribution in [3.8, 4) is 6.07 Å². The molecule has 1 amide bonds. The maximum atomic E-state index is 11.3. The molecule has 5 nitrogen and oxygen atoms in total. The molecule has 0 aromatic heterocycles. The van der Waals surface area contributed by atoms with Crippen LogP contribution in [0.25, 0.3) is 0 Å². The second-order valence-electron chi connectivity index (χ2n) is 3.55. The molecule has 0 saturated carbocycles. The zero-order valence-electron chi connectivity index (χ0n) is 8.14. The summed E-state index contributed by atoms with van der Waals surface area (Å²) < 4.78 is 0. The van der Waals surface area contributed by atoms with Gasteiger partial charge in [-0.2, -0.15) is 10.4 Å². The molecule has 2 aliphatic heterocycles. The van der Waals surface area contributed by atoms with Crippen LogP contribution in [0.1, 0.15) is 17.2 Å². The summed E-state index contributed by atoms with van der Waals surface area (Å²) in [6.45, 7) is 0. The molecule has 1 atom stereocenters. The van der Waals surface area contributed by atoms with Crippen LogP contribution in [0, 0.1) is 11.3 Å². The number of hydrogen-bond acceptors (Lipinski definition) is 4. The van der Waals surface area contributed by atoms with Crippen LogP contribution in [0.5, 0.6) is 0 Å². The summed E-state index contributed by atoms with van der Waals surface area (Å²) in [5.41, 5.74) is 2.61. The fourth-order valence-electron chi connectivity index (χ4n) is 1.92. The van der Waals surface area contributed by atoms with E-state index in [2.05, 4.69) is 21.6 Å². The molecule has 1 N–H and O–H groups in total. The first-order valence-electron chi connectivity index (χ1n) is 4.76. The Labute approximate surface area is 91.1 Å². The van der Waals surface area contributed by atoms with Gasteiger partial charge in [-0.05, 0) is 6.07 Å². The van der Waals surface area contributed by atoms with Crippen molar-refractivity contribution >= 4 is 11.6 Å². The first kappa shape index (κ1) is 8.80. The van der Waals surface area contributed by atoms with Gasteiger partial charge in [-0.1, -0.05) is 12.1 Å². The lowest BCUT2D eigenvalue weighted by molar-refractivity contribution is -0.114. The summed E-state index contributed by atoms with van der Waals surface area (Å²) >= 11 is 0. The molecular weight excluding hydrogens is 204 g/mol. The number of hydrogen-bond donors (Lipinski definition) is 1. The highest BCUT2D eigenvalue weighted by molar-refractivity contribution is 5.98. The number of anilines is 1. The van der Waals surface area contributed by atoms with E-state index in [0.717, 1.165) is 5.56 Å². The van der Waals surface area contributed by atoms with Crippen LogP contribution in [0.2, 0.25) is 0 Å². The van der Waals surface area contributed by atoms with Crippen molar-refractivity contribution in [2.75, 3.05) is 5.32 Å². The normalized spacial score (nSPS) is 20.6. The Morgan fingerprint density at radius 1 is 1.44 bits per heavy atom. The van der Waals surface area contributed by atoms with E-state index < -0.39 is 0 Å². The number of azo groups is 1. The molecule has 1 aromatic rings. The first-order chi connectivity index (χ1) is 7.81. The van der Waals surface area contributed by atoms with Crippen molar-refractivity contribution in [1.82, 2.24) is 0 Å². The van der Waals surface area contributed by atoms with Crippen LogP contribution >= 0.6 is 0 Å². The zero-order valence-corrected chi connectivity index (χ0v) is 8.14. The molecule has 1 unspecified atom stereocenters. The highest BCUT2D eigenvalue weighted by Gasteiger charge is 2.33. The van der Waals surface area contributed by atoms with Crippen molar-refractivity contribution < 1.29 is 4.79 Å². The van der Waals surface area contributed by atoms with E-state index in [9.17, 15) is 4.79 Å². The lowest BCUT2D eigenvalue weighted by Gasteiger charge is -2.19. The van der Waals surface area contributed by atoms with Gasteiger partial charge in [0.25, 0.3) is 5.91 Å². The van der Waals surface area contributed by atoms with Gasteiger partial charge in [-0.25, -0.2) is 0 Å². The number of nitriles is 1. The fraction of sp³-hybridized carbons (Fsp3) is 0.0909. The number of rotatable bonds is 0. The minimum absolute atomic E-state index is 0.314. The number of carbonyl (C=O) groups is 1. The highest BCUT2D eigenvalue weighted by atomic mass is 16.2. The van der Waals surface area contributed by atoms with Crippen LogP contribution in [-0.4, -0.2) is 5.91 Å². The molecule has 1 aromatic carbocycles. The van der Waals surface area contributed by atoms with E-state index in [-0.39, 0.29) is 11.9 Å². The lowest BCUT2D eigenvalue weighted by Crippen LogP contribution is -2.12. The Morgan fingerprint density at radius 3 is 3.12 bits per heavy atom. The van der Waals surface area contributed by atoms with Crippen LogP contribution in [0.3, 0.4) is 0 Å². The zero-order chi connectivity index (χ0) is 11.1. The summed E-state index contributed by atoms with van der Waals surface area (Å²) in [4.78, 5) is 11.3. The summed E-state index contributed by atoms with van der Waals surface area (Å²) in [5.74, 6) is -0.314. The maximum absolute atomic E-state index is 11.3. The third-order valence-electron chi connectivity index (χ3n) is 2.69. The average molecular weight is 210 g/mol. The molecule has 0 spiro atoms. The van der Waals surface area contributed by atoms with E-state index in [0.29, 0.717) is 16.8 Å². The van der Waals surface area contributed by atoms with Gasteiger partial charge < -0.3 is 5.32 Å². The lowest BCUT2D eigenvalue weighted by atomic mass is 9.94. The highest BCUT2D eigenvalue weighted by Crippen LogP contribution is 2.40. The van der Waals surface area contributed by atoms with Crippen molar-refractivity contribution in [3.63, 3.8) is 0 Å². The summed E-state index contributed by atoms with van der Waals surface area (Å²) in [7, 11) is 0. The maximum Gasteiger partial charge on any atom is 0.295 e. The third kappa shape index (κ3) is 1.01. The second-order valence-corrected chi connectivity index (χ2v) is 3.55. The van der Waals surface area contributed by atoms with Gasteiger partial charge in [-0.3, -0.25) is 4.79 Å². The second kappa shape index (κ2) is 3.00. The van der Waals surface area contributed by atoms with Crippen LogP contribution in [0.15, 0.2) is 40.2 Å².